The number of aliphatic hydroxyl groups excluding tert-OH is 1. The van der Waals surface area contributed by atoms with Gasteiger partial charge in [-0.25, -0.2) is 4.98 Å². The maximum atomic E-state index is 9.22. The Morgan fingerprint density at radius 1 is 1.43 bits per heavy atom. The summed E-state index contributed by atoms with van der Waals surface area (Å²) in [5.74, 6) is 0.700. The van der Waals surface area contributed by atoms with E-state index in [2.05, 4.69) is 25.8 Å². The van der Waals surface area contributed by atoms with E-state index in [4.69, 9.17) is 0 Å². The van der Waals surface area contributed by atoms with Gasteiger partial charge in [0.15, 0.2) is 0 Å². The van der Waals surface area contributed by atoms with Crippen molar-refractivity contribution in [2.45, 2.75) is 51.6 Å². The van der Waals surface area contributed by atoms with Gasteiger partial charge >= 0.3 is 0 Å². The van der Waals surface area contributed by atoms with Gasteiger partial charge in [-0.15, -0.1) is 11.3 Å². The molecule has 1 fully saturated rings. The quantitative estimate of drug-likeness (QED) is 0.816. The summed E-state index contributed by atoms with van der Waals surface area (Å²) in [5.41, 5.74) is 1.03. The lowest BCUT2D eigenvalue weighted by atomic mass is 9.98. The van der Waals surface area contributed by atoms with Crippen LogP contribution in [-0.2, 0) is 12.0 Å². The van der Waals surface area contributed by atoms with E-state index >= 15 is 0 Å². The van der Waals surface area contributed by atoms with Crippen LogP contribution in [0.25, 0.3) is 0 Å². The molecule has 78 valence electrons. The predicted octanol–water partition coefficient (Wildman–Crippen LogP) is 2.81. The number of aliphatic hydroxyl groups is 1. The van der Waals surface area contributed by atoms with Crippen molar-refractivity contribution in [1.29, 1.82) is 0 Å². The number of aromatic nitrogens is 1. The van der Waals surface area contributed by atoms with Gasteiger partial charge in [-0.05, 0) is 18.8 Å². The molecule has 14 heavy (non-hydrogen) atoms. The Bertz CT molecular complexity index is 334. The zero-order valence-corrected chi connectivity index (χ0v) is 9.82. The highest BCUT2D eigenvalue weighted by Crippen LogP contribution is 2.46. The Balaban J connectivity index is 2.35. The minimum Gasteiger partial charge on any atom is -0.390 e. The van der Waals surface area contributed by atoms with Gasteiger partial charge in [0.1, 0.15) is 0 Å². The molecule has 0 aromatic carbocycles. The molecule has 0 amide bonds. The molecule has 0 atom stereocenters. The second kappa shape index (κ2) is 3.31. The lowest BCUT2D eigenvalue weighted by Crippen LogP contribution is -2.10. The van der Waals surface area contributed by atoms with Gasteiger partial charge in [0.05, 0.1) is 17.3 Å². The Kier molecular flexibility index (Phi) is 2.40. The molecule has 1 N–H and O–H groups in total. The van der Waals surface area contributed by atoms with E-state index in [-0.39, 0.29) is 12.0 Å². The molecule has 0 saturated heterocycles. The van der Waals surface area contributed by atoms with Crippen LogP contribution in [0, 0.1) is 0 Å². The first-order valence-corrected chi connectivity index (χ1v) is 5.95. The van der Waals surface area contributed by atoms with Crippen molar-refractivity contribution in [3.8, 4) is 0 Å². The van der Waals surface area contributed by atoms with Gasteiger partial charge in [0.25, 0.3) is 0 Å². The summed E-state index contributed by atoms with van der Waals surface area (Å²) in [6.45, 7) is 6.61. The second-order valence-electron chi connectivity index (χ2n) is 5.01. The van der Waals surface area contributed by atoms with Crippen LogP contribution < -0.4 is 0 Å². The molecule has 1 aliphatic carbocycles. The van der Waals surface area contributed by atoms with Crippen molar-refractivity contribution in [3.05, 3.63) is 15.6 Å². The van der Waals surface area contributed by atoms with Crippen LogP contribution in [0.2, 0.25) is 0 Å². The molecule has 1 aliphatic rings. The fourth-order valence-corrected chi connectivity index (χ4v) is 2.76. The van der Waals surface area contributed by atoms with E-state index in [1.165, 1.54) is 17.7 Å². The molecule has 0 bridgehead atoms. The third-order valence-corrected chi connectivity index (χ3v) is 4.15. The monoisotopic (exact) mass is 211 g/mol. The van der Waals surface area contributed by atoms with Crippen LogP contribution in [0.15, 0.2) is 0 Å². The smallest absolute Gasteiger partial charge is 0.0985 e. The highest BCUT2D eigenvalue weighted by molar-refractivity contribution is 7.12. The lowest BCUT2D eigenvalue weighted by molar-refractivity contribution is 0.276. The van der Waals surface area contributed by atoms with Crippen molar-refractivity contribution in [1.82, 2.24) is 4.98 Å². The normalized spacial score (nSPS) is 17.4. The van der Waals surface area contributed by atoms with Crippen LogP contribution in [0.3, 0.4) is 0 Å². The molecule has 1 aromatic rings. The highest BCUT2D eigenvalue weighted by Gasteiger charge is 2.31. The molecule has 0 aliphatic heterocycles. The van der Waals surface area contributed by atoms with Crippen LogP contribution >= 0.6 is 11.3 Å². The van der Waals surface area contributed by atoms with Crippen molar-refractivity contribution in [2.24, 2.45) is 0 Å². The van der Waals surface area contributed by atoms with E-state index < -0.39 is 0 Å². The largest absolute Gasteiger partial charge is 0.390 e. The molecule has 3 heteroatoms. The average Bonchev–Trinajstić information content (AvgIpc) is 2.82. The average molecular weight is 211 g/mol. The first kappa shape index (κ1) is 10.1. The first-order chi connectivity index (χ1) is 6.52. The van der Waals surface area contributed by atoms with Crippen LogP contribution in [0.5, 0.6) is 0 Å². The fraction of sp³-hybridized carbons (Fsp3) is 0.727. The Morgan fingerprint density at radius 2 is 2.07 bits per heavy atom. The number of rotatable bonds is 2. The second-order valence-corrected chi connectivity index (χ2v) is 6.04. The molecule has 0 spiro atoms. The molecule has 1 aromatic heterocycles. The topological polar surface area (TPSA) is 33.1 Å². The predicted molar refractivity (Wildman–Crippen MR) is 58.7 cm³/mol. The Morgan fingerprint density at radius 3 is 2.50 bits per heavy atom. The van der Waals surface area contributed by atoms with Crippen molar-refractivity contribution in [2.75, 3.05) is 0 Å². The molecule has 2 rings (SSSR count). The van der Waals surface area contributed by atoms with E-state index in [0.717, 1.165) is 10.7 Å². The van der Waals surface area contributed by atoms with E-state index in [1.54, 1.807) is 11.3 Å². The van der Waals surface area contributed by atoms with Gasteiger partial charge in [0.2, 0.25) is 0 Å². The van der Waals surface area contributed by atoms with Crippen LogP contribution in [0.4, 0.5) is 0 Å². The van der Waals surface area contributed by atoms with Crippen LogP contribution in [-0.4, -0.2) is 10.1 Å². The van der Waals surface area contributed by atoms with Crippen LogP contribution in [0.1, 0.15) is 55.1 Å². The minimum absolute atomic E-state index is 0.0956. The molecular weight excluding hydrogens is 194 g/mol. The van der Waals surface area contributed by atoms with E-state index in [0.29, 0.717) is 5.92 Å². The minimum atomic E-state index is 0.0956. The summed E-state index contributed by atoms with van der Waals surface area (Å²) in [6.07, 6.45) is 2.55. The van der Waals surface area contributed by atoms with Crippen molar-refractivity contribution < 1.29 is 5.11 Å². The number of thiazole rings is 1. The first-order valence-electron chi connectivity index (χ1n) is 5.13. The third-order valence-electron chi connectivity index (χ3n) is 2.47. The van der Waals surface area contributed by atoms with Gasteiger partial charge < -0.3 is 5.11 Å². The number of nitrogens with zero attached hydrogens (tertiary/aromatic N) is 1. The van der Waals surface area contributed by atoms with Gasteiger partial charge in [-0.3, -0.25) is 0 Å². The van der Waals surface area contributed by atoms with Crippen molar-refractivity contribution in [3.63, 3.8) is 0 Å². The summed E-state index contributed by atoms with van der Waals surface area (Å²) in [6, 6.07) is 0. The third kappa shape index (κ3) is 1.84. The number of hydrogen-bond acceptors (Lipinski definition) is 3. The van der Waals surface area contributed by atoms with E-state index in [9.17, 15) is 5.11 Å². The van der Waals surface area contributed by atoms with Gasteiger partial charge in [0, 0.05) is 10.3 Å². The molecule has 2 nitrogen and oxygen atoms in total. The summed E-state index contributed by atoms with van der Waals surface area (Å²) in [5, 5.41) is 10.4. The SMILES string of the molecule is CC(C)(C)c1nc(CO)c(C2CC2)s1. The Hall–Kier alpha value is -0.410. The maximum Gasteiger partial charge on any atom is 0.0985 e. The molecule has 1 saturated carbocycles. The standard InChI is InChI=1S/C11H17NOS/c1-11(2,3)10-12-8(6-13)9(14-10)7-4-5-7/h7,13H,4-6H2,1-3H3. The van der Waals surface area contributed by atoms with Crippen molar-refractivity contribution >= 4 is 11.3 Å². The van der Waals surface area contributed by atoms with Gasteiger partial charge in [-0.2, -0.15) is 0 Å². The highest BCUT2D eigenvalue weighted by atomic mass is 32.1. The zero-order valence-electron chi connectivity index (χ0n) is 9.00. The molecule has 0 radical (unpaired) electrons. The lowest BCUT2D eigenvalue weighted by Gasteiger charge is -2.13. The maximum absolute atomic E-state index is 9.22. The fourth-order valence-electron chi connectivity index (χ4n) is 1.46. The Labute approximate surface area is 89.0 Å². The summed E-state index contributed by atoms with van der Waals surface area (Å²) < 4.78 is 0. The molecule has 1 heterocycles. The summed E-state index contributed by atoms with van der Waals surface area (Å²) in [4.78, 5) is 5.86. The zero-order chi connectivity index (χ0) is 10.3. The molecule has 0 unspecified atom stereocenters. The van der Waals surface area contributed by atoms with E-state index in [1.807, 2.05) is 0 Å². The summed E-state index contributed by atoms with van der Waals surface area (Å²) >= 11 is 1.79. The summed E-state index contributed by atoms with van der Waals surface area (Å²) in [7, 11) is 0. The number of hydrogen-bond donors (Lipinski definition) is 1. The molecular formula is C11H17NOS. The van der Waals surface area contributed by atoms with Gasteiger partial charge in [-0.1, -0.05) is 20.8 Å².